The van der Waals surface area contributed by atoms with E-state index in [1.807, 2.05) is 0 Å². The number of anilines is 1. The van der Waals surface area contributed by atoms with Crippen LogP contribution in [0.4, 0.5) is 18.9 Å². The van der Waals surface area contributed by atoms with E-state index in [0.29, 0.717) is 0 Å². The van der Waals surface area contributed by atoms with E-state index >= 15 is 0 Å². The molecular weight excluding hydrogens is 295 g/mol. The highest BCUT2D eigenvalue weighted by Gasteiger charge is 2.38. The fourth-order valence-electron chi connectivity index (χ4n) is 1.08. The largest absolute Gasteiger partial charge is 0.471 e. The van der Waals surface area contributed by atoms with E-state index in [0.717, 1.165) is 12.1 Å². The van der Waals surface area contributed by atoms with E-state index in [4.69, 9.17) is 10.7 Å². The van der Waals surface area contributed by atoms with E-state index in [-0.39, 0.29) is 11.3 Å². The van der Waals surface area contributed by atoms with Gasteiger partial charge in [0.1, 0.15) is 0 Å². The zero-order valence-corrected chi connectivity index (χ0v) is 10.4. The molecule has 0 saturated carbocycles. The van der Waals surface area contributed by atoms with Gasteiger partial charge in [0.2, 0.25) is 0 Å². The fourth-order valence-corrected chi connectivity index (χ4v) is 1.86. The zero-order chi connectivity index (χ0) is 14.1. The number of benzene rings is 1. The van der Waals surface area contributed by atoms with Crippen LogP contribution in [-0.2, 0) is 13.8 Å². The summed E-state index contributed by atoms with van der Waals surface area (Å²) in [5, 5.41) is 1.58. The Morgan fingerprint density at radius 3 is 2.33 bits per heavy atom. The van der Waals surface area contributed by atoms with Crippen molar-refractivity contribution >= 4 is 31.3 Å². The van der Waals surface area contributed by atoms with Crippen LogP contribution in [0, 0.1) is 6.92 Å². The lowest BCUT2D eigenvalue weighted by molar-refractivity contribution is -0.167. The molecule has 1 aromatic rings. The molecule has 0 unspecified atom stereocenters. The monoisotopic (exact) mass is 301 g/mol. The molecule has 0 aliphatic rings. The van der Waals surface area contributed by atoms with Gasteiger partial charge in [0.15, 0.2) is 0 Å². The van der Waals surface area contributed by atoms with Crippen LogP contribution < -0.4 is 5.32 Å². The Labute approximate surface area is 105 Å². The number of halogens is 4. The Kier molecular flexibility index (Phi) is 3.92. The van der Waals surface area contributed by atoms with Crippen molar-refractivity contribution in [1.29, 1.82) is 0 Å². The molecule has 100 valence electrons. The second kappa shape index (κ2) is 4.77. The summed E-state index contributed by atoms with van der Waals surface area (Å²) in [6.45, 7) is 1.41. The Bertz CT molecular complexity index is 583. The smallest absolute Gasteiger partial charge is 0.318 e. The van der Waals surface area contributed by atoms with Gasteiger partial charge in [0.25, 0.3) is 9.05 Å². The Hall–Kier alpha value is -1.28. The quantitative estimate of drug-likeness (QED) is 0.853. The van der Waals surface area contributed by atoms with Gasteiger partial charge in [-0.1, -0.05) is 6.07 Å². The van der Waals surface area contributed by atoms with Crippen LogP contribution in [0.25, 0.3) is 0 Å². The molecule has 1 aromatic carbocycles. The second-order valence-corrected chi connectivity index (χ2v) is 5.93. The number of hydrogen-bond donors (Lipinski definition) is 1. The lowest BCUT2D eigenvalue weighted by atomic mass is 10.2. The minimum absolute atomic E-state index is 0.265. The van der Waals surface area contributed by atoms with Crippen molar-refractivity contribution in [3.63, 3.8) is 0 Å². The normalized spacial score (nSPS) is 12.3. The Balaban J connectivity index is 3.14. The highest BCUT2D eigenvalue weighted by atomic mass is 35.7. The maximum atomic E-state index is 12.0. The molecule has 0 aliphatic heterocycles. The van der Waals surface area contributed by atoms with Gasteiger partial charge in [-0.05, 0) is 24.6 Å². The van der Waals surface area contributed by atoms with Gasteiger partial charge in [0.05, 0.1) is 4.90 Å². The van der Waals surface area contributed by atoms with Crippen LogP contribution in [0.15, 0.2) is 23.1 Å². The van der Waals surface area contributed by atoms with E-state index in [2.05, 4.69) is 0 Å². The topological polar surface area (TPSA) is 63.2 Å². The third-order valence-corrected chi connectivity index (χ3v) is 3.35. The first-order valence-electron chi connectivity index (χ1n) is 4.45. The molecule has 0 saturated heterocycles. The molecule has 1 N–H and O–H groups in total. The first-order chi connectivity index (χ1) is 8.01. The van der Waals surface area contributed by atoms with Gasteiger partial charge in [-0.15, -0.1) is 0 Å². The van der Waals surface area contributed by atoms with Crippen molar-refractivity contribution in [2.75, 3.05) is 5.32 Å². The summed E-state index contributed by atoms with van der Waals surface area (Å²) in [4.78, 5) is 10.3. The first-order valence-corrected chi connectivity index (χ1v) is 6.76. The average Bonchev–Trinajstić information content (AvgIpc) is 2.18. The summed E-state index contributed by atoms with van der Waals surface area (Å²) < 4.78 is 58.2. The highest BCUT2D eigenvalue weighted by Crippen LogP contribution is 2.25. The number of aryl methyl sites for hydroxylation is 1. The van der Waals surface area contributed by atoms with Gasteiger partial charge >= 0.3 is 12.1 Å². The number of carbonyl (C=O) groups is 1. The second-order valence-electron chi connectivity index (χ2n) is 3.37. The number of carbonyl (C=O) groups excluding carboxylic acids is 1. The van der Waals surface area contributed by atoms with Gasteiger partial charge in [-0.25, -0.2) is 8.42 Å². The van der Waals surface area contributed by atoms with Crippen molar-refractivity contribution in [3.05, 3.63) is 23.8 Å². The zero-order valence-electron chi connectivity index (χ0n) is 8.88. The Morgan fingerprint density at radius 1 is 1.33 bits per heavy atom. The van der Waals surface area contributed by atoms with Crippen LogP contribution in [0.5, 0.6) is 0 Å². The molecule has 0 spiro atoms. The molecule has 0 heterocycles. The predicted molar refractivity (Wildman–Crippen MR) is 58.9 cm³/mol. The number of nitrogens with one attached hydrogen (secondary N) is 1. The molecular formula is C9H7ClF3NO3S. The van der Waals surface area contributed by atoms with Crippen LogP contribution in [-0.4, -0.2) is 20.5 Å². The van der Waals surface area contributed by atoms with Gasteiger partial charge in [-0.2, -0.15) is 13.2 Å². The molecule has 0 aliphatic carbocycles. The van der Waals surface area contributed by atoms with Crippen molar-refractivity contribution in [3.8, 4) is 0 Å². The van der Waals surface area contributed by atoms with E-state index < -0.39 is 26.0 Å². The van der Waals surface area contributed by atoms with Crippen LogP contribution in [0.1, 0.15) is 5.56 Å². The Morgan fingerprint density at radius 2 is 1.89 bits per heavy atom. The number of amides is 1. The summed E-state index contributed by atoms with van der Waals surface area (Å²) in [7, 11) is 0.973. The number of hydrogen-bond acceptors (Lipinski definition) is 3. The van der Waals surface area contributed by atoms with E-state index in [9.17, 15) is 26.4 Å². The summed E-state index contributed by atoms with van der Waals surface area (Å²) in [5.41, 5.74) is 0.00992. The maximum absolute atomic E-state index is 12.0. The van der Waals surface area contributed by atoms with Gasteiger partial charge in [0, 0.05) is 16.4 Å². The average molecular weight is 302 g/mol. The van der Waals surface area contributed by atoms with Crippen molar-refractivity contribution in [1.82, 2.24) is 0 Å². The molecule has 0 radical (unpaired) electrons. The third-order valence-electron chi connectivity index (χ3n) is 2.00. The summed E-state index contributed by atoms with van der Waals surface area (Å²) in [6.07, 6.45) is -5.05. The third kappa shape index (κ3) is 3.61. The van der Waals surface area contributed by atoms with Crippen molar-refractivity contribution in [2.24, 2.45) is 0 Å². The van der Waals surface area contributed by atoms with Crippen LogP contribution in [0.3, 0.4) is 0 Å². The van der Waals surface area contributed by atoms with Crippen LogP contribution >= 0.6 is 10.7 Å². The first kappa shape index (κ1) is 14.8. The molecule has 1 rings (SSSR count). The summed E-state index contributed by atoms with van der Waals surface area (Å²) in [6, 6.07) is 3.23. The minimum Gasteiger partial charge on any atom is -0.318 e. The number of alkyl halides is 3. The van der Waals surface area contributed by atoms with Gasteiger partial charge < -0.3 is 5.32 Å². The number of rotatable bonds is 2. The summed E-state index contributed by atoms with van der Waals surface area (Å²) in [5.74, 6) is -2.19. The van der Waals surface area contributed by atoms with Crippen LogP contribution in [0.2, 0.25) is 0 Å². The molecule has 4 nitrogen and oxygen atoms in total. The molecule has 18 heavy (non-hydrogen) atoms. The molecule has 0 fully saturated rings. The van der Waals surface area contributed by atoms with Crippen molar-refractivity contribution in [2.45, 2.75) is 18.0 Å². The molecule has 1 amide bonds. The lowest BCUT2D eigenvalue weighted by Crippen LogP contribution is -2.30. The SMILES string of the molecule is Cc1ccc(S(=O)(=O)Cl)cc1NC(=O)C(F)(F)F. The molecule has 0 atom stereocenters. The fraction of sp³-hybridized carbons (Fsp3) is 0.222. The molecule has 9 heteroatoms. The lowest BCUT2D eigenvalue weighted by Gasteiger charge is -2.11. The predicted octanol–water partition coefficient (Wildman–Crippen LogP) is 2.42. The van der Waals surface area contributed by atoms with Crippen molar-refractivity contribution < 1.29 is 26.4 Å². The van der Waals surface area contributed by atoms with E-state index in [1.54, 1.807) is 5.32 Å². The molecule has 0 aromatic heterocycles. The summed E-state index contributed by atoms with van der Waals surface area (Å²) >= 11 is 0. The minimum atomic E-state index is -5.05. The maximum Gasteiger partial charge on any atom is 0.471 e. The standard InChI is InChI=1S/C9H7ClF3NO3S/c1-5-2-3-6(18(10,16)17)4-7(5)14-8(15)9(11,12)13/h2-4H,1H3,(H,14,15). The molecule has 0 bridgehead atoms. The van der Waals surface area contributed by atoms with E-state index in [1.165, 1.54) is 13.0 Å². The van der Waals surface area contributed by atoms with Gasteiger partial charge in [-0.3, -0.25) is 4.79 Å². The highest BCUT2D eigenvalue weighted by molar-refractivity contribution is 8.13.